The van der Waals surface area contributed by atoms with Crippen LogP contribution in [0.25, 0.3) is 10.9 Å². The fourth-order valence-corrected chi connectivity index (χ4v) is 3.96. The lowest BCUT2D eigenvalue weighted by Gasteiger charge is -2.09. The summed E-state index contributed by atoms with van der Waals surface area (Å²) in [7, 11) is 0. The number of hydrogen-bond acceptors (Lipinski definition) is 3. The van der Waals surface area contributed by atoms with Crippen LogP contribution in [-0.4, -0.2) is 22.1 Å². The molecule has 0 saturated heterocycles. The molecule has 0 radical (unpaired) electrons. The van der Waals surface area contributed by atoms with Gasteiger partial charge in [-0.05, 0) is 65.8 Å². The van der Waals surface area contributed by atoms with E-state index in [1.54, 1.807) is 11.8 Å². The van der Waals surface area contributed by atoms with Crippen molar-refractivity contribution in [2.75, 3.05) is 0 Å². The number of amides is 1. The summed E-state index contributed by atoms with van der Waals surface area (Å²) < 4.78 is 0.971. The van der Waals surface area contributed by atoms with E-state index >= 15 is 0 Å². The van der Waals surface area contributed by atoms with Crippen molar-refractivity contribution in [1.29, 1.82) is 0 Å². The second-order valence-corrected chi connectivity index (χ2v) is 7.70. The Balaban J connectivity index is 1.63. The molecule has 0 bridgehead atoms. The van der Waals surface area contributed by atoms with Crippen LogP contribution in [0.4, 0.5) is 0 Å². The van der Waals surface area contributed by atoms with E-state index in [-0.39, 0.29) is 5.91 Å². The van der Waals surface area contributed by atoms with Gasteiger partial charge in [0, 0.05) is 21.2 Å². The Bertz CT molecular complexity index is 888. The minimum atomic E-state index is 0.0211. The maximum atomic E-state index is 12.4. The Hall–Kier alpha value is -1.54. The van der Waals surface area contributed by atoms with Gasteiger partial charge in [0.15, 0.2) is 0 Å². The molecule has 1 saturated carbocycles. The molecule has 6 heteroatoms. The number of hydrogen-bond donors (Lipinski definition) is 2. The molecule has 0 unspecified atom stereocenters. The number of benzene rings is 2. The van der Waals surface area contributed by atoms with Crippen molar-refractivity contribution in [3.05, 3.63) is 51.7 Å². The van der Waals surface area contributed by atoms with Crippen LogP contribution in [-0.2, 0) is 0 Å². The number of H-pyrrole nitrogens is 1. The molecule has 2 aromatic carbocycles. The molecule has 1 aromatic heterocycles. The van der Waals surface area contributed by atoms with Crippen molar-refractivity contribution >= 4 is 51.2 Å². The van der Waals surface area contributed by atoms with Gasteiger partial charge < -0.3 is 5.32 Å². The van der Waals surface area contributed by atoms with Gasteiger partial charge in [-0.2, -0.15) is 5.10 Å². The van der Waals surface area contributed by atoms with Gasteiger partial charge in [0.2, 0.25) is 0 Å². The molecule has 2 N–H and O–H groups in total. The normalized spacial score (nSPS) is 14.1. The lowest BCUT2D eigenvalue weighted by molar-refractivity contribution is 0.0948. The minimum absolute atomic E-state index is 0.0211. The number of nitrogens with one attached hydrogen (secondary N) is 2. The van der Waals surface area contributed by atoms with Crippen LogP contribution in [0.1, 0.15) is 23.2 Å². The first kappa shape index (κ1) is 15.0. The lowest BCUT2D eigenvalue weighted by atomic mass is 10.2. The van der Waals surface area contributed by atoms with Crippen molar-refractivity contribution in [2.45, 2.75) is 28.7 Å². The van der Waals surface area contributed by atoms with E-state index in [4.69, 9.17) is 0 Å². The van der Waals surface area contributed by atoms with Gasteiger partial charge in [0.1, 0.15) is 3.70 Å². The summed E-state index contributed by atoms with van der Waals surface area (Å²) in [5, 5.41) is 11.4. The highest BCUT2D eigenvalue weighted by Gasteiger charge is 2.24. The number of carbonyl (C=O) groups is 1. The highest BCUT2D eigenvalue weighted by Crippen LogP contribution is 2.33. The number of aromatic nitrogens is 2. The van der Waals surface area contributed by atoms with Gasteiger partial charge in [-0.1, -0.05) is 23.9 Å². The van der Waals surface area contributed by atoms with Crippen molar-refractivity contribution in [3.63, 3.8) is 0 Å². The van der Waals surface area contributed by atoms with Crippen molar-refractivity contribution < 1.29 is 4.79 Å². The molecule has 1 aliphatic carbocycles. The first-order chi connectivity index (χ1) is 11.2. The van der Waals surface area contributed by atoms with Crippen LogP contribution in [0.5, 0.6) is 0 Å². The van der Waals surface area contributed by atoms with Gasteiger partial charge in [-0.15, -0.1) is 0 Å². The van der Waals surface area contributed by atoms with E-state index in [1.165, 1.54) is 0 Å². The minimum Gasteiger partial charge on any atom is -0.349 e. The summed E-state index contributed by atoms with van der Waals surface area (Å²) in [5.41, 5.74) is 1.75. The summed E-state index contributed by atoms with van der Waals surface area (Å²) in [6, 6.07) is 14.3. The third-order valence-corrected chi connectivity index (χ3v) is 5.65. The average molecular weight is 435 g/mol. The molecule has 1 fully saturated rings. The number of aromatic amines is 1. The van der Waals surface area contributed by atoms with Crippen LogP contribution < -0.4 is 5.32 Å². The van der Waals surface area contributed by atoms with Gasteiger partial charge in [-0.25, -0.2) is 0 Å². The van der Waals surface area contributed by atoms with E-state index < -0.39 is 0 Å². The Morgan fingerprint density at radius 2 is 2.09 bits per heavy atom. The smallest absolute Gasteiger partial charge is 0.252 e. The summed E-state index contributed by atoms with van der Waals surface area (Å²) in [6.07, 6.45) is 2.19. The van der Waals surface area contributed by atoms with E-state index in [2.05, 4.69) is 56.3 Å². The highest BCUT2D eigenvalue weighted by molar-refractivity contribution is 14.1. The zero-order valence-corrected chi connectivity index (χ0v) is 15.1. The van der Waals surface area contributed by atoms with Gasteiger partial charge in [-0.3, -0.25) is 9.89 Å². The zero-order chi connectivity index (χ0) is 15.8. The molecular formula is C17H14IN3OS. The van der Waals surface area contributed by atoms with E-state index in [0.29, 0.717) is 6.04 Å². The van der Waals surface area contributed by atoms with Gasteiger partial charge in [0.25, 0.3) is 5.91 Å². The van der Waals surface area contributed by atoms with Crippen LogP contribution in [0.3, 0.4) is 0 Å². The maximum Gasteiger partial charge on any atom is 0.252 e. The quantitative estimate of drug-likeness (QED) is 0.604. The molecule has 4 nitrogen and oxygen atoms in total. The summed E-state index contributed by atoms with van der Waals surface area (Å²) in [6.45, 7) is 0. The summed E-state index contributed by atoms with van der Waals surface area (Å²) >= 11 is 3.82. The Kier molecular flexibility index (Phi) is 4.02. The topological polar surface area (TPSA) is 57.8 Å². The first-order valence-corrected chi connectivity index (χ1v) is 9.31. The van der Waals surface area contributed by atoms with E-state index in [1.807, 2.05) is 24.3 Å². The molecule has 0 atom stereocenters. The van der Waals surface area contributed by atoms with Crippen LogP contribution in [0.15, 0.2) is 52.3 Å². The fraction of sp³-hybridized carbons (Fsp3) is 0.176. The molecule has 4 rings (SSSR count). The molecule has 1 heterocycles. The fourth-order valence-electron chi connectivity index (χ4n) is 2.39. The predicted molar refractivity (Wildman–Crippen MR) is 99.9 cm³/mol. The van der Waals surface area contributed by atoms with Crippen molar-refractivity contribution in [1.82, 2.24) is 15.5 Å². The second-order valence-electron chi connectivity index (χ2n) is 5.57. The second kappa shape index (κ2) is 6.16. The molecule has 0 aliphatic heterocycles. The third-order valence-electron chi connectivity index (χ3n) is 3.76. The standard InChI is InChI=1S/C17H14IN3OS/c18-16-12-8-7-11(9-14(12)20-21-16)23-15-4-2-1-3-13(15)17(22)19-10-5-6-10/h1-4,7-10H,5-6H2,(H,19,22)(H,20,21). The van der Waals surface area contributed by atoms with E-state index in [0.717, 1.165) is 42.8 Å². The number of fused-ring (bicyclic) bond motifs is 1. The van der Waals surface area contributed by atoms with Gasteiger partial charge in [0.05, 0.1) is 11.1 Å². The molecule has 116 valence electrons. The van der Waals surface area contributed by atoms with Crippen LogP contribution in [0, 0.1) is 3.70 Å². The highest BCUT2D eigenvalue weighted by atomic mass is 127. The Morgan fingerprint density at radius 3 is 2.91 bits per heavy atom. The SMILES string of the molecule is O=C(NC1CC1)c1ccccc1Sc1ccc2c(I)n[nH]c2c1. The van der Waals surface area contributed by atoms with Crippen LogP contribution in [0.2, 0.25) is 0 Å². The molecule has 1 amide bonds. The Morgan fingerprint density at radius 1 is 1.26 bits per heavy atom. The third kappa shape index (κ3) is 3.23. The molecule has 0 spiro atoms. The lowest BCUT2D eigenvalue weighted by Crippen LogP contribution is -2.25. The number of carbonyl (C=O) groups excluding carboxylic acids is 1. The zero-order valence-electron chi connectivity index (χ0n) is 12.2. The summed E-state index contributed by atoms with van der Waals surface area (Å²) in [4.78, 5) is 14.4. The molecular weight excluding hydrogens is 421 g/mol. The van der Waals surface area contributed by atoms with Crippen molar-refractivity contribution in [2.24, 2.45) is 0 Å². The molecule has 3 aromatic rings. The number of rotatable bonds is 4. The number of nitrogens with zero attached hydrogens (tertiary/aromatic N) is 1. The van der Waals surface area contributed by atoms with Crippen LogP contribution >= 0.6 is 34.4 Å². The predicted octanol–water partition coefficient (Wildman–Crippen LogP) is 4.21. The monoisotopic (exact) mass is 435 g/mol. The Labute approximate surface area is 151 Å². The maximum absolute atomic E-state index is 12.4. The summed E-state index contributed by atoms with van der Waals surface area (Å²) in [5.74, 6) is 0.0211. The average Bonchev–Trinajstić information content (AvgIpc) is 3.30. The largest absolute Gasteiger partial charge is 0.349 e. The molecule has 23 heavy (non-hydrogen) atoms. The van der Waals surface area contributed by atoms with Gasteiger partial charge >= 0.3 is 0 Å². The molecule has 1 aliphatic rings. The van der Waals surface area contributed by atoms with E-state index in [9.17, 15) is 4.79 Å². The first-order valence-electron chi connectivity index (χ1n) is 7.42. The van der Waals surface area contributed by atoms with Crippen molar-refractivity contribution in [3.8, 4) is 0 Å². The number of halogens is 1.